The maximum Gasteiger partial charge on any atom is 0.252 e. The van der Waals surface area contributed by atoms with E-state index in [4.69, 9.17) is 5.73 Å². The Kier molecular flexibility index (Phi) is 4.41. The molecule has 0 atom stereocenters. The number of nitrogens with one attached hydrogen (secondary N) is 1. The monoisotopic (exact) mass is 370 g/mol. The Morgan fingerprint density at radius 3 is 2.18 bits per heavy atom. The van der Waals surface area contributed by atoms with E-state index in [9.17, 15) is 14.7 Å². The summed E-state index contributed by atoms with van der Waals surface area (Å²) < 4.78 is 0. The molecule has 0 saturated carbocycles. The summed E-state index contributed by atoms with van der Waals surface area (Å²) in [6, 6.07) is 21.7. The summed E-state index contributed by atoms with van der Waals surface area (Å²) in [5.41, 5.74) is 6.74. The minimum absolute atomic E-state index is 0.0434. The third-order valence-corrected chi connectivity index (χ3v) is 4.81. The standard InChI is InChI=1S/C23H18N2O3/c24-22(27)18-11-10-16-15-8-4-5-9-17(15)20(26)12-19(16)21(18)23(28)25-13-14-6-2-1-3-7-14/h1-12,26H,13H2,(H2,24,27)(H,25,28). The summed E-state index contributed by atoms with van der Waals surface area (Å²) in [6.45, 7) is 0.313. The largest absolute Gasteiger partial charge is 0.507 e. The SMILES string of the molecule is NC(=O)c1ccc2c(cc(O)c3ccccc32)c1C(=O)NCc1ccccc1. The Morgan fingerprint density at radius 2 is 1.46 bits per heavy atom. The second-order valence-corrected chi connectivity index (χ2v) is 6.56. The third-order valence-electron chi connectivity index (χ3n) is 4.81. The van der Waals surface area contributed by atoms with E-state index in [1.807, 2.05) is 48.5 Å². The fourth-order valence-electron chi connectivity index (χ4n) is 3.48. The Morgan fingerprint density at radius 1 is 0.821 bits per heavy atom. The van der Waals surface area contributed by atoms with Gasteiger partial charge in [0.15, 0.2) is 0 Å². The molecule has 0 fully saturated rings. The van der Waals surface area contributed by atoms with Gasteiger partial charge in [-0.2, -0.15) is 0 Å². The van der Waals surface area contributed by atoms with Crippen LogP contribution in [-0.4, -0.2) is 16.9 Å². The smallest absolute Gasteiger partial charge is 0.252 e. The van der Waals surface area contributed by atoms with Crippen LogP contribution >= 0.6 is 0 Å². The second kappa shape index (κ2) is 7.04. The molecule has 0 aliphatic rings. The van der Waals surface area contributed by atoms with E-state index in [1.54, 1.807) is 18.2 Å². The molecule has 0 heterocycles. The van der Waals surface area contributed by atoms with Crippen LogP contribution in [0, 0.1) is 0 Å². The number of carbonyl (C=O) groups is 2. The zero-order valence-electron chi connectivity index (χ0n) is 15.0. The molecule has 0 aliphatic carbocycles. The van der Waals surface area contributed by atoms with Crippen molar-refractivity contribution in [2.75, 3.05) is 0 Å². The highest BCUT2D eigenvalue weighted by Crippen LogP contribution is 2.35. The van der Waals surface area contributed by atoms with Crippen LogP contribution in [0.25, 0.3) is 21.5 Å². The first-order valence-electron chi connectivity index (χ1n) is 8.85. The van der Waals surface area contributed by atoms with E-state index < -0.39 is 11.8 Å². The van der Waals surface area contributed by atoms with Gasteiger partial charge in [0.25, 0.3) is 5.91 Å². The van der Waals surface area contributed by atoms with E-state index in [2.05, 4.69) is 5.32 Å². The van der Waals surface area contributed by atoms with Crippen LogP contribution < -0.4 is 11.1 Å². The van der Waals surface area contributed by atoms with Gasteiger partial charge in [0.1, 0.15) is 5.75 Å². The Bertz CT molecular complexity index is 1220. The van der Waals surface area contributed by atoms with Gasteiger partial charge >= 0.3 is 0 Å². The molecule has 5 heteroatoms. The predicted octanol–water partition coefficient (Wildman–Crippen LogP) is 3.73. The van der Waals surface area contributed by atoms with Gasteiger partial charge in [-0.05, 0) is 33.9 Å². The number of rotatable bonds is 4. The van der Waals surface area contributed by atoms with Crippen LogP contribution in [0.4, 0.5) is 0 Å². The van der Waals surface area contributed by atoms with Crippen molar-refractivity contribution in [3.8, 4) is 5.75 Å². The molecule has 0 radical (unpaired) electrons. The van der Waals surface area contributed by atoms with E-state index in [-0.39, 0.29) is 16.9 Å². The zero-order valence-corrected chi connectivity index (χ0v) is 15.0. The van der Waals surface area contributed by atoms with Gasteiger partial charge < -0.3 is 16.2 Å². The van der Waals surface area contributed by atoms with Crippen molar-refractivity contribution in [1.29, 1.82) is 0 Å². The summed E-state index contributed by atoms with van der Waals surface area (Å²) in [5.74, 6) is -1.07. The van der Waals surface area contributed by atoms with Crippen molar-refractivity contribution in [1.82, 2.24) is 5.32 Å². The van der Waals surface area contributed by atoms with Crippen molar-refractivity contribution in [3.63, 3.8) is 0 Å². The minimum atomic E-state index is -0.695. The number of carbonyl (C=O) groups excluding carboxylic acids is 2. The lowest BCUT2D eigenvalue weighted by Gasteiger charge is -2.14. The van der Waals surface area contributed by atoms with Crippen molar-refractivity contribution in [2.24, 2.45) is 5.73 Å². The molecule has 0 aromatic heterocycles. The number of phenols is 1. The Labute approximate surface area is 161 Å². The molecule has 5 nitrogen and oxygen atoms in total. The van der Waals surface area contributed by atoms with Crippen LogP contribution in [0.2, 0.25) is 0 Å². The molecule has 4 N–H and O–H groups in total. The van der Waals surface area contributed by atoms with Gasteiger partial charge in [0.05, 0.1) is 11.1 Å². The molecule has 0 unspecified atom stereocenters. The molecule has 0 spiro atoms. The summed E-state index contributed by atoms with van der Waals surface area (Å²) in [7, 11) is 0. The number of primary amides is 1. The first-order chi connectivity index (χ1) is 13.6. The van der Waals surface area contributed by atoms with E-state index >= 15 is 0 Å². The van der Waals surface area contributed by atoms with E-state index in [1.165, 1.54) is 6.07 Å². The quantitative estimate of drug-likeness (QED) is 0.478. The van der Waals surface area contributed by atoms with Crippen molar-refractivity contribution in [2.45, 2.75) is 6.54 Å². The lowest BCUT2D eigenvalue weighted by Crippen LogP contribution is -2.26. The number of aromatic hydroxyl groups is 1. The van der Waals surface area contributed by atoms with Crippen molar-refractivity contribution < 1.29 is 14.7 Å². The molecule has 0 aliphatic heterocycles. The fourth-order valence-corrected chi connectivity index (χ4v) is 3.48. The summed E-state index contributed by atoms with van der Waals surface area (Å²) in [6.07, 6.45) is 0. The molecule has 2 amide bonds. The topological polar surface area (TPSA) is 92.4 Å². The molecule has 4 aromatic carbocycles. The normalized spacial score (nSPS) is 10.9. The number of hydrogen-bond donors (Lipinski definition) is 3. The van der Waals surface area contributed by atoms with Crippen LogP contribution in [0.1, 0.15) is 26.3 Å². The molecule has 0 saturated heterocycles. The number of amides is 2. The van der Waals surface area contributed by atoms with Crippen LogP contribution in [0.3, 0.4) is 0 Å². The lowest BCUT2D eigenvalue weighted by molar-refractivity contribution is 0.0935. The molecule has 4 aromatic rings. The van der Waals surface area contributed by atoms with Crippen LogP contribution in [0.15, 0.2) is 72.8 Å². The number of nitrogens with two attached hydrogens (primary N) is 1. The summed E-state index contributed by atoms with van der Waals surface area (Å²) in [4.78, 5) is 25.0. The minimum Gasteiger partial charge on any atom is -0.507 e. The lowest BCUT2D eigenvalue weighted by atomic mass is 9.93. The van der Waals surface area contributed by atoms with Gasteiger partial charge in [-0.15, -0.1) is 0 Å². The maximum absolute atomic E-state index is 13.0. The molecular formula is C23H18N2O3. The highest BCUT2D eigenvalue weighted by Gasteiger charge is 2.20. The summed E-state index contributed by atoms with van der Waals surface area (Å²) >= 11 is 0. The number of hydrogen-bond acceptors (Lipinski definition) is 3. The van der Waals surface area contributed by atoms with E-state index in [0.717, 1.165) is 16.3 Å². The fraction of sp³-hybridized carbons (Fsp3) is 0.0435. The Hall–Kier alpha value is -3.86. The van der Waals surface area contributed by atoms with Crippen molar-refractivity contribution in [3.05, 3.63) is 89.5 Å². The molecule has 138 valence electrons. The van der Waals surface area contributed by atoms with Gasteiger partial charge in [0, 0.05) is 11.9 Å². The average molecular weight is 370 g/mol. The second-order valence-electron chi connectivity index (χ2n) is 6.56. The maximum atomic E-state index is 13.0. The molecule has 28 heavy (non-hydrogen) atoms. The van der Waals surface area contributed by atoms with Gasteiger partial charge in [-0.25, -0.2) is 0 Å². The molecule has 0 bridgehead atoms. The van der Waals surface area contributed by atoms with Crippen LogP contribution in [0.5, 0.6) is 5.75 Å². The van der Waals surface area contributed by atoms with E-state index in [0.29, 0.717) is 17.3 Å². The number of fused-ring (bicyclic) bond motifs is 3. The van der Waals surface area contributed by atoms with Gasteiger partial charge in [-0.1, -0.05) is 60.7 Å². The highest BCUT2D eigenvalue weighted by molar-refractivity contribution is 6.20. The highest BCUT2D eigenvalue weighted by atomic mass is 16.3. The average Bonchev–Trinajstić information content (AvgIpc) is 2.72. The summed E-state index contributed by atoms with van der Waals surface area (Å²) in [5, 5.41) is 16.0. The third kappa shape index (κ3) is 3.03. The zero-order chi connectivity index (χ0) is 19.7. The Balaban J connectivity index is 1.88. The molecular weight excluding hydrogens is 352 g/mol. The number of benzene rings is 4. The predicted molar refractivity (Wildman–Crippen MR) is 109 cm³/mol. The van der Waals surface area contributed by atoms with Gasteiger partial charge in [0.2, 0.25) is 5.91 Å². The molecule has 4 rings (SSSR count). The van der Waals surface area contributed by atoms with Crippen LogP contribution in [-0.2, 0) is 6.54 Å². The number of phenolic OH excluding ortho intramolecular Hbond substituents is 1. The first-order valence-corrected chi connectivity index (χ1v) is 8.85. The first kappa shape index (κ1) is 17.5. The van der Waals surface area contributed by atoms with Gasteiger partial charge in [-0.3, -0.25) is 9.59 Å². The van der Waals surface area contributed by atoms with Crippen molar-refractivity contribution >= 4 is 33.4 Å².